The van der Waals surface area contributed by atoms with Gasteiger partial charge in [-0.05, 0) is 38.0 Å². The zero-order valence-electron chi connectivity index (χ0n) is 9.11. The molecule has 0 unspecified atom stereocenters. The lowest BCUT2D eigenvalue weighted by Crippen LogP contribution is -2.32. The minimum Gasteiger partial charge on any atom is -0.507 e. The lowest BCUT2D eigenvalue weighted by Gasteiger charge is -2.20. The normalized spacial score (nSPS) is 14.9. The zero-order chi connectivity index (χ0) is 11.7. The number of phenolic OH excluding ortho intramolecular Hbond substituents is 1. The van der Waals surface area contributed by atoms with E-state index in [2.05, 4.69) is 0 Å². The number of carbonyl (C=O) groups excluding carboxylic acids is 1. The van der Waals surface area contributed by atoms with Gasteiger partial charge in [-0.2, -0.15) is 0 Å². The predicted molar refractivity (Wildman–Crippen MR) is 57.8 cm³/mol. The van der Waals surface area contributed by atoms with Crippen LogP contribution in [-0.2, 0) is 0 Å². The first kappa shape index (κ1) is 10.9. The molecular weight excluding hydrogens is 209 g/mol. The molecule has 1 aromatic rings. The second-order valence-electron chi connectivity index (χ2n) is 3.98. The summed E-state index contributed by atoms with van der Waals surface area (Å²) in [7, 11) is 0. The van der Waals surface area contributed by atoms with Crippen LogP contribution in [0, 0.1) is 5.82 Å². The Morgan fingerprint density at radius 1 is 1.56 bits per heavy atom. The first-order valence-corrected chi connectivity index (χ1v) is 5.43. The highest BCUT2D eigenvalue weighted by Gasteiger charge is 2.32. The van der Waals surface area contributed by atoms with E-state index in [-0.39, 0.29) is 23.3 Å². The summed E-state index contributed by atoms with van der Waals surface area (Å²) in [6.45, 7) is 2.46. The molecule has 1 fully saturated rings. The maximum absolute atomic E-state index is 13.0. The molecule has 1 aliphatic carbocycles. The highest BCUT2D eigenvalue weighted by Crippen LogP contribution is 2.29. The van der Waals surface area contributed by atoms with Gasteiger partial charge in [-0.15, -0.1) is 0 Å². The Morgan fingerprint density at radius 2 is 2.25 bits per heavy atom. The average molecular weight is 223 g/mol. The van der Waals surface area contributed by atoms with Crippen molar-refractivity contribution in [2.24, 2.45) is 0 Å². The molecule has 0 heterocycles. The quantitative estimate of drug-likeness (QED) is 0.853. The smallest absolute Gasteiger partial charge is 0.257 e. The van der Waals surface area contributed by atoms with Gasteiger partial charge in [0.2, 0.25) is 0 Å². The monoisotopic (exact) mass is 223 g/mol. The third kappa shape index (κ3) is 2.01. The summed E-state index contributed by atoms with van der Waals surface area (Å²) in [5.74, 6) is -0.958. The van der Waals surface area contributed by atoms with Crippen LogP contribution in [-0.4, -0.2) is 28.5 Å². The Hall–Kier alpha value is -1.58. The lowest BCUT2D eigenvalue weighted by atomic mass is 10.1. The van der Waals surface area contributed by atoms with Crippen molar-refractivity contribution in [2.45, 2.75) is 25.8 Å². The lowest BCUT2D eigenvalue weighted by molar-refractivity contribution is 0.0749. The van der Waals surface area contributed by atoms with E-state index in [9.17, 15) is 14.3 Å². The second-order valence-corrected chi connectivity index (χ2v) is 3.98. The van der Waals surface area contributed by atoms with E-state index in [0.717, 1.165) is 25.0 Å². The molecule has 3 nitrogen and oxygen atoms in total. The predicted octanol–water partition coefficient (Wildman–Crippen LogP) is 2.16. The first-order valence-electron chi connectivity index (χ1n) is 5.43. The summed E-state index contributed by atoms with van der Waals surface area (Å²) < 4.78 is 13.0. The topological polar surface area (TPSA) is 40.5 Å². The van der Waals surface area contributed by atoms with Gasteiger partial charge in [-0.25, -0.2) is 4.39 Å². The number of nitrogens with zero attached hydrogens (tertiary/aromatic N) is 1. The summed E-state index contributed by atoms with van der Waals surface area (Å²) in [4.78, 5) is 13.7. The number of benzene rings is 1. The van der Waals surface area contributed by atoms with Gasteiger partial charge in [0.05, 0.1) is 5.56 Å². The Morgan fingerprint density at radius 3 is 2.81 bits per heavy atom. The van der Waals surface area contributed by atoms with Crippen molar-refractivity contribution in [3.05, 3.63) is 29.6 Å². The molecule has 0 saturated heterocycles. The number of amides is 1. The summed E-state index contributed by atoms with van der Waals surface area (Å²) in [6.07, 6.45) is 1.99. The maximum atomic E-state index is 13.0. The fourth-order valence-electron chi connectivity index (χ4n) is 1.79. The highest BCUT2D eigenvalue weighted by molar-refractivity contribution is 5.97. The van der Waals surface area contributed by atoms with Gasteiger partial charge in [0, 0.05) is 12.6 Å². The van der Waals surface area contributed by atoms with Crippen molar-refractivity contribution in [1.82, 2.24) is 4.90 Å². The number of aromatic hydroxyl groups is 1. The first-order chi connectivity index (χ1) is 7.63. The number of halogens is 1. The molecule has 0 aliphatic heterocycles. The van der Waals surface area contributed by atoms with Gasteiger partial charge in [-0.1, -0.05) is 0 Å². The fraction of sp³-hybridized carbons (Fsp3) is 0.417. The average Bonchev–Trinajstić information content (AvgIpc) is 3.07. The maximum Gasteiger partial charge on any atom is 0.257 e. The van der Waals surface area contributed by atoms with Crippen molar-refractivity contribution in [3.63, 3.8) is 0 Å². The van der Waals surface area contributed by atoms with Gasteiger partial charge in [-0.3, -0.25) is 4.79 Å². The van der Waals surface area contributed by atoms with Crippen LogP contribution in [0.5, 0.6) is 5.75 Å². The van der Waals surface area contributed by atoms with Crippen LogP contribution in [0.25, 0.3) is 0 Å². The molecule has 0 radical (unpaired) electrons. The van der Waals surface area contributed by atoms with E-state index in [1.54, 1.807) is 4.90 Å². The Labute approximate surface area is 93.5 Å². The Balaban J connectivity index is 2.28. The molecule has 0 spiro atoms. The fourth-order valence-corrected chi connectivity index (χ4v) is 1.79. The van der Waals surface area contributed by atoms with Crippen molar-refractivity contribution < 1.29 is 14.3 Å². The molecular formula is C12H14FNO2. The minimum atomic E-state index is -0.506. The number of carbonyl (C=O) groups is 1. The summed E-state index contributed by atoms with van der Waals surface area (Å²) in [6, 6.07) is 3.70. The molecule has 2 rings (SSSR count). The van der Waals surface area contributed by atoms with Crippen LogP contribution >= 0.6 is 0 Å². The van der Waals surface area contributed by atoms with E-state index in [1.165, 1.54) is 6.07 Å². The van der Waals surface area contributed by atoms with Crippen LogP contribution in [0.15, 0.2) is 18.2 Å². The van der Waals surface area contributed by atoms with Crippen LogP contribution < -0.4 is 0 Å². The van der Waals surface area contributed by atoms with E-state index in [1.807, 2.05) is 6.92 Å². The van der Waals surface area contributed by atoms with E-state index < -0.39 is 5.82 Å². The van der Waals surface area contributed by atoms with E-state index in [4.69, 9.17) is 0 Å². The van der Waals surface area contributed by atoms with Gasteiger partial charge < -0.3 is 10.0 Å². The molecule has 1 saturated carbocycles. The van der Waals surface area contributed by atoms with Crippen LogP contribution in [0.3, 0.4) is 0 Å². The summed E-state index contributed by atoms with van der Waals surface area (Å²) in [5.41, 5.74) is 0.0498. The largest absolute Gasteiger partial charge is 0.507 e. The molecule has 1 aromatic carbocycles. The third-order valence-corrected chi connectivity index (χ3v) is 2.78. The molecule has 1 aliphatic rings. The SMILES string of the molecule is CCN(C(=O)c1cc(F)ccc1O)C1CC1. The minimum absolute atomic E-state index is 0.0498. The van der Waals surface area contributed by atoms with Gasteiger partial charge in [0.15, 0.2) is 0 Å². The molecule has 1 N–H and O–H groups in total. The molecule has 0 bridgehead atoms. The highest BCUT2D eigenvalue weighted by atomic mass is 19.1. The second kappa shape index (κ2) is 4.12. The van der Waals surface area contributed by atoms with Crippen LogP contribution in [0.2, 0.25) is 0 Å². The number of hydrogen-bond acceptors (Lipinski definition) is 2. The standard InChI is InChI=1S/C12H14FNO2/c1-2-14(9-4-5-9)12(16)10-7-8(13)3-6-11(10)15/h3,6-7,9,15H,2,4-5H2,1H3. The van der Waals surface area contributed by atoms with Gasteiger partial charge in [0.25, 0.3) is 5.91 Å². The number of hydrogen-bond donors (Lipinski definition) is 1. The molecule has 16 heavy (non-hydrogen) atoms. The molecule has 1 amide bonds. The van der Waals surface area contributed by atoms with E-state index >= 15 is 0 Å². The summed E-state index contributed by atoms with van der Waals surface area (Å²) >= 11 is 0. The van der Waals surface area contributed by atoms with Gasteiger partial charge >= 0.3 is 0 Å². The van der Waals surface area contributed by atoms with Crippen molar-refractivity contribution in [3.8, 4) is 5.75 Å². The van der Waals surface area contributed by atoms with E-state index in [0.29, 0.717) is 6.54 Å². The van der Waals surface area contributed by atoms with Crippen LogP contribution in [0.1, 0.15) is 30.1 Å². The zero-order valence-corrected chi connectivity index (χ0v) is 9.11. The molecule has 0 atom stereocenters. The molecule has 0 aromatic heterocycles. The summed E-state index contributed by atoms with van der Waals surface area (Å²) in [5, 5.41) is 9.54. The van der Waals surface area contributed by atoms with Gasteiger partial charge in [0.1, 0.15) is 11.6 Å². The molecule has 86 valence electrons. The third-order valence-electron chi connectivity index (χ3n) is 2.78. The van der Waals surface area contributed by atoms with Crippen molar-refractivity contribution in [2.75, 3.05) is 6.54 Å². The number of rotatable bonds is 3. The van der Waals surface area contributed by atoms with Crippen molar-refractivity contribution >= 4 is 5.91 Å². The number of phenols is 1. The molecule has 4 heteroatoms. The Bertz CT molecular complexity index is 415. The van der Waals surface area contributed by atoms with Crippen LogP contribution in [0.4, 0.5) is 4.39 Å². The van der Waals surface area contributed by atoms with Crippen molar-refractivity contribution in [1.29, 1.82) is 0 Å². The Kier molecular flexibility index (Phi) is 2.81.